The number of guanidine groups is 1. The van der Waals surface area contributed by atoms with Gasteiger partial charge in [-0.3, -0.25) is 9.36 Å². The zero-order valence-corrected chi connectivity index (χ0v) is 29.1. The van der Waals surface area contributed by atoms with Crippen LogP contribution in [0.4, 0.5) is 10.1 Å². The number of nitrogens with zero attached hydrogens (tertiary/aromatic N) is 4. The fourth-order valence-electron chi connectivity index (χ4n) is 8.15. The zero-order valence-electron chi connectivity index (χ0n) is 29.1. The minimum Gasteiger partial charge on any atom is -0.497 e. The summed E-state index contributed by atoms with van der Waals surface area (Å²) in [6.07, 6.45) is 2.42. The summed E-state index contributed by atoms with van der Waals surface area (Å²) in [5.74, 6) is 3.09. The molecule has 2 N–H and O–H groups in total. The number of nitrogens with one attached hydrogen (secondary N) is 2. The van der Waals surface area contributed by atoms with E-state index in [0.29, 0.717) is 58.2 Å². The van der Waals surface area contributed by atoms with Crippen LogP contribution in [-0.2, 0) is 13.2 Å². The number of aromatic nitrogens is 2. The second-order valence-electron chi connectivity index (χ2n) is 14.6. The van der Waals surface area contributed by atoms with Crippen LogP contribution in [0.3, 0.4) is 0 Å². The van der Waals surface area contributed by atoms with Crippen LogP contribution in [0.1, 0.15) is 51.9 Å². The summed E-state index contributed by atoms with van der Waals surface area (Å²) in [6, 6.07) is 20.5. The second kappa shape index (κ2) is 13.5. The number of aliphatic imine (C=N–C) groups is 1. The van der Waals surface area contributed by atoms with E-state index in [1.807, 2.05) is 48.5 Å². The van der Waals surface area contributed by atoms with E-state index in [9.17, 15) is 9.18 Å². The molecule has 2 heterocycles. The quantitative estimate of drug-likeness (QED) is 0.168. The first-order valence-corrected chi connectivity index (χ1v) is 17.5. The molecule has 4 aliphatic rings. The Labute approximate surface area is 287 Å². The molecular weight excluding hydrogens is 619 g/mol. The van der Waals surface area contributed by atoms with Crippen molar-refractivity contribution in [2.24, 2.45) is 28.2 Å². The van der Waals surface area contributed by atoms with Crippen molar-refractivity contribution >= 4 is 22.5 Å². The number of halogens is 1. The van der Waals surface area contributed by atoms with Crippen molar-refractivity contribution in [3.8, 4) is 11.5 Å². The van der Waals surface area contributed by atoms with E-state index in [1.54, 1.807) is 10.6 Å². The number of methoxy groups -OCH3 is 1. The van der Waals surface area contributed by atoms with Crippen LogP contribution < -0.4 is 25.7 Å². The molecule has 0 radical (unpaired) electrons. The maximum atomic E-state index is 14.8. The SMILES string of the molecule is COc1ccc(OCc2nc3cc(N/C(=N/C4C[C@H]5C[C@@H]([C@@H]4C)C5(C)C)N4CCN[C@@H](C)C4)ccc3c(=O)n2Cc2ccccc2)c(F)c1. The van der Waals surface area contributed by atoms with Gasteiger partial charge in [0.15, 0.2) is 23.4 Å². The maximum absolute atomic E-state index is 14.8. The van der Waals surface area contributed by atoms with Gasteiger partial charge in [0.1, 0.15) is 12.4 Å². The Hall–Kier alpha value is -4.44. The fraction of sp³-hybridized carbons (Fsp3) is 0.462. The van der Waals surface area contributed by atoms with Crippen molar-refractivity contribution < 1.29 is 13.9 Å². The maximum Gasteiger partial charge on any atom is 0.261 e. The highest BCUT2D eigenvalue weighted by Crippen LogP contribution is 2.61. The highest BCUT2D eigenvalue weighted by molar-refractivity contribution is 5.96. The van der Waals surface area contributed by atoms with Crippen LogP contribution in [0.2, 0.25) is 0 Å². The average molecular weight is 667 g/mol. The monoisotopic (exact) mass is 666 g/mol. The molecule has 9 nitrogen and oxygen atoms in total. The average Bonchev–Trinajstić information content (AvgIpc) is 3.09. The van der Waals surface area contributed by atoms with Crippen molar-refractivity contribution in [1.29, 1.82) is 0 Å². The van der Waals surface area contributed by atoms with Gasteiger partial charge in [-0.25, -0.2) is 14.4 Å². The van der Waals surface area contributed by atoms with E-state index < -0.39 is 5.82 Å². The van der Waals surface area contributed by atoms with Gasteiger partial charge in [-0.05, 0) is 78.8 Å². The van der Waals surface area contributed by atoms with Crippen LogP contribution in [0.5, 0.6) is 11.5 Å². The van der Waals surface area contributed by atoms with E-state index in [-0.39, 0.29) is 24.0 Å². The predicted molar refractivity (Wildman–Crippen MR) is 192 cm³/mol. The molecule has 3 saturated carbocycles. The lowest BCUT2D eigenvalue weighted by Crippen LogP contribution is -2.57. The van der Waals surface area contributed by atoms with Gasteiger partial charge in [-0.2, -0.15) is 0 Å². The standard InChI is InChI=1S/C39H47FN6O3/c1-24-21-45(16-15-41-24)38(44-33-18-27-17-31(25(33)2)39(27,3)4)42-28-11-13-30-34(19-28)43-36(23-49-35-14-12-29(48-5)20-32(35)40)46(37(30)47)22-26-9-7-6-8-10-26/h6-14,19-20,24-25,27,31,33,41H,15-18,21-23H2,1-5H3,(H,42,44)/t24-,25-,27+,31-,33?/m0/s1. The molecule has 2 bridgehead atoms. The molecule has 1 aromatic heterocycles. The first kappa shape index (κ1) is 33.1. The van der Waals surface area contributed by atoms with Crippen LogP contribution >= 0.6 is 0 Å². The Kier molecular flexibility index (Phi) is 9.09. The van der Waals surface area contributed by atoms with Gasteiger partial charge in [0.25, 0.3) is 5.56 Å². The van der Waals surface area contributed by atoms with Crippen molar-refractivity contribution in [2.45, 2.75) is 65.8 Å². The number of hydrogen-bond donors (Lipinski definition) is 2. The molecule has 10 heteroatoms. The zero-order chi connectivity index (χ0) is 34.3. The second-order valence-corrected chi connectivity index (χ2v) is 14.6. The summed E-state index contributed by atoms with van der Waals surface area (Å²) in [4.78, 5) is 26.8. The van der Waals surface area contributed by atoms with Crippen LogP contribution in [-0.4, -0.2) is 59.2 Å². The molecule has 4 aromatic rings. The summed E-state index contributed by atoms with van der Waals surface area (Å²) >= 11 is 0. The molecule has 4 fully saturated rings. The molecule has 49 heavy (non-hydrogen) atoms. The van der Waals surface area contributed by atoms with Gasteiger partial charge in [0, 0.05) is 37.4 Å². The first-order valence-electron chi connectivity index (χ1n) is 17.5. The van der Waals surface area contributed by atoms with Crippen molar-refractivity contribution in [1.82, 2.24) is 19.8 Å². The molecule has 8 rings (SSSR count). The fourth-order valence-corrected chi connectivity index (χ4v) is 8.15. The summed E-state index contributed by atoms with van der Waals surface area (Å²) < 4.78 is 27.5. The first-order chi connectivity index (χ1) is 23.6. The molecule has 258 valence electrons. The Morgan fingerprint density at radius 2 is 1.92 bits per heavy atom. The van der Waals surface area contributed by atoms with E-state index in [1.165, 1.54) is 25.7 Å². The van der Waals surface area contributed by atoms with Crippen molar-refractivity contribution in [3.05, 3.63) is 94.3 Å². The Bertz CT molecular complexity index is 1910. The number of benzene rings is 3. The van der Waals surface area contributed by atoms with Crippen LogP contribution in [0.15, 0.2) is 76.5 Å². The predicted octanol–water partition coefficient (Wildman–Crippen LogP) is 6.30. The summed E-state index contributed by atoms with van der Waals surface area (Å²) in [5, 5.41) is 7.70. The lowest BCUT2D eigenvalue weighted by molar-refractivity contribution is -0.108. The third-order valence-electron chi connectivity index (χ3n) is 11.2. The van der Waals surface area contributed by atoms with Crippen molar-refractivity contribution in [2.75, 3.05) is 32.1 Å². The number of fused-ring (bicyclic) bond motifs is 3. The number of rotatable bonds is 8. The van der Waals surface area contributed by atoms with Gasteiger partial charge >= 0.3 is 0 Å². The van der Waals surface area contributed by atoms with Crippen LogP contribution in [0, 0.1) is 29.0 Å². The molecule has 1 saturated heterocycles. The van der Waals surface area contributed by atoms with E-state index >= 15 is 0 Å². The Balaban J connectivity index is 1.22. The van der Waals surface area contributed by atoms with E-state index in [0.717, 1.165) is 43.3 Å². The number of piperazine rings is 1. The van der Waals surface area contributed by atoms with Gasteiger partial charge in [-0.15, -0.1) is 0 Å². The normalized spacial score (nSPS) is 24.7. The molecule has 1 aliphatic heterocycles. The van der Waals surface area contributed by atoms with Gasteiger partial charge in [-0.1, -0.05) is 51.1 Å². The smallest absolute Gasteiger partial charge is 0.261 e. The summed E-state index contributed by atoms with van der Waals surface area (Å²) in [5.41, 5.74) is 2.50. The molecule has 3 aliphatic carbocycles. The number of anilines is 1. The molecule has 3 aromatic carbocycles. The Morgan fingerprint density at radius 3 is 2.63 bits per heavy atom. The number of ether oxygens (including phenoxy) is 2. The highest BCUT2D eigenvalue weighted by atomic mass is 19.1. The molecule has 1 unspecified atom stereocenters. The lowest BCUT2D eigenvalue weighted by Gasteiger charge is -2.61. The molecular formula is C39H47FN6O3. The summed E-state index contributed by atoms with van der Waals surface area (Å²) in [6.45, 7) is 12.2. The third-order valence-corrected chi connectivity index (χ3v) is 11.2. The minimum absolute atomic E-state index is 0.0564. The molecule has 5 atom stereocenters. The summed E-state index contributed by atoms with van der Waals surface area (Å²) in [7, 11) is 1.48. The highest BCUT2D eigenvalue weighted by Gasteiger charge is 2.56. The lowest BCUT2D eigenvalue weighted by atomic mass is 9.45. The number of hydrogen-bond acceptors (Lipinski definition) is 6. The molecule has 0 spiro atoms. The van der Waals surface area contributed by atoms with Crippen LogP contribution in [0.25, 0.3) is 10.9 Å². The van der Waals surface area contributed by atoms with Gasteiger partial charge < -0.3 is 25.0 Å². The third kappa shape index (κ3) is 6.63. The largest absolute Gasteiger partial charge is 0.497 e. The van der Waals surface area contributed by atoms with E-state index in [4.69, 9.17) is 19.5 Å². The van der Waals surface area contributed by atoms with Crippen molar-refractivity contribution in [3.63, 3.8) is 0 Å². The topological polar surface area (TPSA) is 93.0 Å². The van der Waals surface area contributed by atoms with Gasteiger partial charge in [0.2, 0.25) is 0 Å². The minimum atomic E-state index is -0.550. The van der Waals surface area contributed by atoms with E-state index in [2.05, 4.69) is 43.2 Å². The molecule has 0 amide bonds. The van der Waals surface area contributed by atoms with Gasteiger partial charge in [0.05, 0.1) is 30.6 Å². The Morgan fingerprint density at radius 1 is 1.10 bits per heavy atom.